The predicted molar refractivity (Wildman–Crippen MR) is 69.1 cm³/mol. The second-order valence-corrected chi connectivity index (χ2v) is 6.16. The number of nitrogens with zero attached hydrogens (tertiary/aromatic N) is 1. The van der Waals surface area contributed by atoms with Crippen molar-refractivity contribution >= 4 is 0 Å². The topological polar surface area (TPSA) is 24.5 Å². The molecule has 2 aliphatic heterocycles. The lowest BCUT2D eigenvalue weighted by Crippen LogP contribution is -2.48. The van der Waals surface area contributed by atoms with Gasteiger partial charge in [0, 0.05) is 31.8 Å². The van der Waals surface area contributed by atoms with Gasteiger partial charge in [-0.2, -0.15) is 0 Å². The van der Waals surface area contributed by atoms with Crippen LogP contribution in [0.1, 0.15) is 39.0 Å². The summed E-state index contributed by atoms with van der Waals surface area (Å²) in [4.78, 5) is 2.67. The molecule has 3 atom stereocenters. The molecule has 0 amide bonds. The van der Waals surface area contributed by atoms with Gasteiger partial charge in [0.25, 0.3) is 0 Å². The van der Waals surface area contributed by atoms with E-state index < -0.39 is 0 Å². The van der Waals surface area contributed by atoms with E-state index in [9.17, 15) is 0 Å². The van der Waals surface area contributed by atoms with Crippen LogP contribution in [0, 0.1) is 5.92 Å². The fourth-order valence-corrected chi connectivity index (χ4v) is 3.29. The van der Waals surface area contributed by atoms with Crippen molar-refractivity contribution in [1.29, 1.82) is 0 Å². The van der Waals surface area contributed by atoms with Crippen LogP contribution in [0.5, 0.6) is 0 Å². The quantitative estimate of drug-likeness (QED) is 0.805. The van der Waals surface area contributed by atoms with Crippen LogP contribution in [0.15, 0.2) is 0 Å². The zero-order valence-corrected chi connectivity index (χ0v) is 11.0. The van der Waals surface area contributed by atoms with Gasteiger partial charge in [0.05, 0.1) is 6.10 Å². The van der Waals surface area contributed by atoms with Crippen LogP contribution in [0.2, 0.25) is 0 Å². The number of piperidine rings is 1. The fourth-order valence-electron chi connectivity index (χ4n) is 3.29. The van der Waals surface area contributed by atoms with Gasteiger partial charge in [-0.1, -0.05) is 0 Å². The highest BCUT2D eigenvalue weighted by molar-refractivity contribution is 4.89. The summed E-state index contributed by atoms with van der Waals surface area (Å²) >= 11 is 0. The van der Waals surface area contributed by atoms with Gasteiger partial charge >= 0.3 is 0 Å². The van der Waals surface area contributed by atoms with E-state index in [4.69, 9.17) is 4.74 Å². The second-order valence-electron chi connectivity index (χ2n) is 6.16. The molecule has 3 fully saturated rings. The molecular formula is C14H26N2O. The van der Waals surface area contributed by atoms with E-state index in [1.807, 2.05) is 0 Å². The maximum atomic E-state index is 5.67. The van der Waals surface area contributed by atoms with Crippen molar-refractivity contribution in [3.05, 3.63) is 0 Å². The van der Waals surface area contributed by atoms with Crippen molar-refractivity contribution in [2.75, 3.05) is 26.2 Å². The Morgan fingerprint density at radius 1 is 1.18 bits per heavy atom. The van der Waals surface area contributed by atoms with E-state index >= 15 is 0 Å². The lowest BCUT2D eigenvalue weighted by molar-refractivity contribution is 0.0849. The highest BCUT2D eigenvalue weighted by Crippen LogP contribution is 2.25. The molecule has 3 nitrogen and oxygen atoms in total. The van der Waals surface area contributed by atoms with Crippen LogP contribution in [0.4, 0.5) is 0 Å². The van der Waals surface area contributed by atoms with E-state index in [2.05, 4.69) is 17.1 Å². The summed E-state index contributed by atoms with van der Waals surface area (Å²) in [7, 11) is 0. The largest absolute Gasteiger partial charge is 0.378 e. The molecule has 98 valence electrons. The van der Waals surface area contributed by atoms with E-state index in [0.29, 0.717) is 6.10 Å². The molecule has 3 unspecified atom stereocenters. The number of hydrogen-bond acceptors (Lipinski definition) is 3. The minimum absolute atomic E-state index is 0.478. The molecule has 0 aromatic carbocycles. The number of nitrogens with one attached hydrogen (secondary N) is 1. The minimum atomic E-state index is 0.478. The molecule has 3 heteroatoms. The number of rotatable bonds is 4. The molecule has 0 spiro atoms. The van der Waals surface area contributed by atoms with Crippen LogP contribution in [-0.4, -0.2) is 49.3 Å². The van der Waals surface area contributed by atoms with Gasteiger partial charge in [-0.25, -0.2) is 0 Å². The Kier molecular flexibility index (Phi) is 3.69. The molecule has 3 rings (SSSR count). The molecule has 1 saturated carbocycles. The molecule has 2 heterocycles. The van der Waals surface area contributed by atoms with Crippen molar-refractivity contribution in [1.82, 2.24) is 10.2 Å². The van der Waals surface area contributed by atoms with Gasteiger partial charge in [0.1, 0.15) is 0 Å². The maximum Gasteiger partial charge on any atom is 0.0588 e. The molecule has 2 saturated heterocycles. The Bertz CT molecular complexity index is 255. The average Bonchev–Trinajstić information content (AvgIpc) is 3.04. The van der Waals surface area contributed by atoms with Gasteiger partial charge in [0.2, 0.25) is 0 Å². The summed E-state index contributed by atoms with van der Waals surface area (Å²) < 4.78 is 5.67. The van der Waals surface area contributed by atoms with E-state index in [0.717, 1.165) is 24.6 Å². The maximum absolute atomic E-state index is 5.67. The number of ether oxygens (including phenoxy) is 1. The SMILES string of the molecule is CC1OCCC1CN1CCCC(NC2CC2)C1. The highest BCUT2D eigenvalue weighted by atomic mass is 16.5. The molecule has 1 aliphatic carbocycles. The summed E-state index contributed by atoms with van der Waals surface area (Å²) in [5.74, 6) is 0.773. The molecule has 0 aromatic heterocycles. The lowest BCUT2D eigenvalue weighted by Gasteiger charge is -2.35. The van der Waals surface area contributed by atoms with Crippen LogP contribution in [0.3, 0.4) is 0 Å². The molecule has 0 radical (unpaired) electrons. The van der Waals surface area contributed by atoms with Crippen LogP contribution in [-0.2, 0) is 4.74 Å². The summed E-state index contributed by atoms with van der Waals surface area (Å²) in [5.41, 5.74) is 0. The summed E-state index contributed by atoms with van der Waals surface area (Å²) in [6.45, 7) is 7.03. The third kappa shape index (κ3) is 3.21. The Morgan fingerprint density at radius 3 is 2.76 bits per heavy atom. The monoisotopic (exact) mass is 238 g/mol. The van der Waals surface area contributed by atoms with E-state index in [1.165, 1.54) is 51.7 Å². The third-order valence-electron chi connectivity index (χ3n) is 4.58. The van der Waals surface area contributed by atoms with Crippen LogP contribution in [0.25, 0.3) is 0 Å². The van der Waals surface area contributed by atoms with Gasteiger partial charge in [0.15, 0.2) is 0 Å². The lowest BCUT2D eigenvalue weighted by atomic mass is 9.99. The predicted octanol–water partition coefficient (Wildman–Crippen LogP) is 1.63. The number of hydrogen-bond donors (Lipinski definition) is 1. The molecule has 0 aromatic rings. The molecule has 17 heavy (non-hydrogen) atoms. The Hall–Kier alpha value is -0.120. The minimum Gasteiger partial charge on any atom is -0.378 e. The Balaban J connectivity index is 1.45. The first-order valence-corrected chi connectivity index (χ1v) is 7.41. The molecular weight excluding hydrogens is 212 g/mol. The summed E-state index contributed by atoms with van der Waals surface area (Å²) in [6, 6.07) is 1.61. The van der Waals surface area contributed by atoms with Gasteiger partial charge in [-0.3, -0.25) is 0 Å². The Morgan fingerprint density at radius 2 is 2.06 bits per heavy atom. The van der Waals surface area contributed by atoms with Crippen molar-refractivity contribution in [3.8, 4) is 0 Å². The van der Waals surface area contributed by atoms with Crippen molar-refractivity contribution < 1.29 is 4.74 Å². The van der Waals surface area contributed by atoms with Crippen molar-refractivity contribution in [2.24, 2.45) is 5.92 Å². The molecule has 1 N–H and O–H groups in total. The van der Waals surface area contributed by atoms with Gasteiger partial charge in [-0.05, 0) is 51.5 Å². The fraction of sp³-hybridized carbons (Fsp3) is 1.00. The normalized spacial score (nSPS) is 39.7. The summed E-state index contributed by atoms with van der Waals surface area (Å²) in [5, 5.41) is 3.79. The molecule has 3 aliphatic rings. The first-order chi connectivity index (χ1) is 8.31. The zero-order valence-electron chi connectivity index (χ0n) is 11.0. The van der Waals surface area contributed by atoms with Crippen LogP contribution < -0.4 is 5.32 Å². The van der Waals surface area contributed by atoms with Crippen molar-refractivity contribution in [2.45, 2.75) is 57.2 Å². The standard InChI is InChI=1S/C14H26N2O/c1-11-12(6-8-17-11)9-16-7-2-3-14(10-16)15-13-4-5-13/h11-15H,2-10H2,1H3. The van der Waals surface area contributed by atoms with Crippen LogP contribution >= 0.6 is 0 Å². The summed E-state index contributed by atoms with van der Waals surface area (Å²) in [6.07, 6.45) is 7.30. The second kappa shape index (κ2) is 5.25. The van der Waals surface area contributed by atoms with E-state index in [1.54, 1.807) is 0 Å². The van der Waals surface area contributed by atoms with Gasteiger partial charge < -0.3 is 15.0 Å². The smallest absolute Gasteiger partial charge is 0.0588 e. The van der Waals surface area contributed by atoms with Crippen molar-refractivity contribution in [3.63, 3.8) is 0 Å². The first-order valence-electron chi connectivity index (χ1n) is 7.41. The van der Waals surface area contributed by atoms with E-state index in [-0.39, 0.29) is 0 Å². The van der Waals surface area contributed by atoms with Gasteiger partial charge in [-0.15, -0.1) is 0 Å². The molecule has 0 bridgehead atoms. The highest BCUT2D eigenvalue weighted by Gasteiger charge is 2.30. The zero-order chi connectivity index (χ0) is 11.7. The first kappa shape index (κ1) is 11.9. The average molecular weight is 238 g/mol. The third-order valence-corrected chi connectivity index (χ3v) is 4.58. The number of likely N-dealkylation sites (tertiary alicyclic amines) is 1. The Labute approximate surface area is 105 Å².